The maximum atomic E-state index is 10.8. The minimum atomic E-state index is -0.397. The molecule has 132 valence electrons. The largest absolute Gasteiger partial charge is 0.269 e. The molecule has 0 aliphatic rings. The van der Waals surface area contributed by atoms with E-state index < -0.39 is 4.92 Å². The molecule has 0 atom stereocenters. The second kappa shape index (κ2) is 8.16. The number of benzene rings is 3. The van der Waals surface area contributed by atoms with Crippen LogP contribution in [0.3, 0.4) is 0 Å². The first-order valence-electron chi connectivity index (χ1n) is 8.63. The van der Waals surface area contributed by atoms with Crippen molar-refractivity contribution in [2.75, 3.05) is 0 Å². The molecule has 0 saturated heterocycles. The van der Waals surface area contributed by atoms with E-state index in [0.717, 1.165) is 22.3 Å². The molecular formula is C24H19NO2. The summed E-state index contributed by atoms with van der Waals surface area (Å²) in [5.41, 5.74) is 6.15. The van der Waals surface area contributed by atoms with Crippen molar-refractivity contribution in [2.24, 2.45) is 0 Å². The molecule has 3 heteroatoms. The van der Waals surface area contributed by atoms with Crippen LogP contribution in [-0.4, -0.2) is 4.92 Å². The van der Waals surface area contributed by atoms with Gasteiger partial charge in [-0.05, 0) is 55.3 Å². The van der Waals surface area contributed by atoms with E-state index in [-0.39, 0.29) is 5.69 Å². The fraction of sp³-hybridized carbons (Fsp3) is 0.0833. The third-order valence-corrected chi connectivity index (χ3v) is 4.17. The highest BCUT2D eigenvalue weighted by molar-refractivity contribution is 5.91. The van der Waals surface area contributed by atoms with Crippen molar-refractivity contribution in [3.63, 3.8) is 0 Å². The summed E-state index contributed by atoms with van der Waals surface area (Å²) >= 11 is 0. The van der Waals surface area contributed by atoms with E-state index in [9.17, 15) is 10.1 Å². The molecule has 3 nitrogen and oxygen atoms in total. The Morgan fingerprint density at radius 2 is 1.41 bits per heavy atom. The Balaban J connectivity index is 2.00. The van der Waals surface area contributed by atoms with Crippen LogP contribution in [0.4, 0.5) is 5.69 Å². The van der Waals surface area contributed by atoms with Crippen LogP contribution in [0.5, 0.6) is 0 Å². The molecule has 0 spiro atoms. The van der Waals surface area contributed by atoms with Gasteiger partial charge in [0, 0.05) is 23.3 Å². The van der Waals surface area contributed by atoms with Crippen LogP contribution in [0.1, 0.15) is 27.8 Å². The van der Waals surface area contributed by atoms with Crippen LogP contribution in [0.15, 0.2) is 72.8 Å². The lowest BCUT2D eigenvalue weighted by molar-refractivity contribution is -0.384. The predicted molar refractivity (Wildman–Crippen MR) is 110 cm³/mol. The van der Waals surface area contributed by atoms with Crippen molar-refractivity contribution in [3.8, 4) is 11.8 Å². The van der Waals surface area contributed by atoms with E-state index in [1.807, 2.05) is 68.5 Å². The fourth-order valence-electron chi connectivity index (χ4n) is 2.56. The number of hydrogen-bond acceptors (Lipinski definition) is 2. The van der Waals surface area contributed by atoms with Gasteiger partial charge in [0.05, 0.1) is 4.92 Å². The van der Waals surface area contributed by atoms with Gasteiger partial charge in [0.1, 0.15) is 0 Å². The predicted octanol–water partition coefficient (Wildman–Crippen LogP) is 5.80. The van der Waals surface area contributed by atoms with Crippen molar-refractivity contribution in [3.05, 3.63) is 111 Å². The molecule has 3 rings (SSSR count). The van der Waals surface area contributed by atoms with Crippen molar-refractivity contribution >= 4 is 17.3 Å². The van der Waals surface area contributed by atoms with Crippen LogP contribution < -0.4 is 0 Å². The molecule has 0 aliphatic heterocycles. The summed E-state index contributed by atoms with van der Waals surface area (Å²) < 4.78 is 0. The summed E-state index contributed by atoms with van der Waals surface area (Å²) in [6, 6.07) is 22.7. The molecule has 3 aromatic rings. The van der Waals surface area contributed by atoms with E-state index in [1.54, 1.807) is 12.1 Å². The number of hydrogen-bond donors (Lipinski definition) is 0. The van der Waals surface area contributed by atoms with Gasteiger partial charge in [-0.25, -0.2) is 0 Å². The molecular weight excluding hydrogens is 334 g/mol. The van der Waals surface area contributed by atoms with E-state index in [2.05, 4.69) is 11.8 Å². The maximum Gasteiger partial charge on any atom is 0.269 e. The first-order chi connectivity index (χ1) is 13.0. The Kier molecular flexibility index (Phi) is 5.49. The maximum absolute atomic E-state index is 10.8. The molecule has 0 bridgehead atoms. The minimum absolute atomic E-state index is 0.0785. The van der Waals surface area contributed by atoms with Crippen molar-refractivity contribution < 1.29 is 4.92 Å². The van der Waals surface area contributed by atoms with Gasteiger partial charge in [0.25, 0.3) is 5.69 Å². The van der Waals surface area contributed by atoms with E-state index in [4.69, 9.17) is 0 Å². The molecule has 0 saturated carbocycles. The second-order valence-electron chi connectivity index (χ2n) is 6.39. The molecule has 0 unspecified atom stereocenters. The summed E-state index contributed by atoms with van der Waals surface area (Å²) in [5.74, 6) is 6.46. The fourth-order valence-corrected chi connectivity index (χ4v) is 2.56. The number of non-ortho nitro benzene ring substituents is 1. The molecule has 0 radical (unpaired) electrons. The standard InChI is InChI=1S/C24H19NO2/c1-18-3-7-20(8-4-18)9-14-23(22-12-5-19(2)6-13-22)17-21-10-15-24(16-11-21)25(26)27/h3-8,10-13,15-17H,1-2H3/b23-17+. The average Bonchev–Trinajstić information content (AvgIpc) is 2.67. The van der Waals surface area contributed by atoms with Crippen LogP contribution in [0.25, 0.3) is 11.6 Å². The number of nitrogens with zero attached hydrogens (tertiary/aromatic N) is 1. The van der Waals surface area contributed by atoms with E-state index in [0.29, 0.717) is 0 Å². The lowest BCUT2D eigenvalue weighted by Gasteiger charge is -2.03. The smallest absolute Gasteiger partial charge is 0.258 e. The van der Waals surface area contributed by atoms with Gasteiger partial charge >= 0.3 is 0 Å². The SMILES string of the molecule is Cc1ccc(C#C/C(=C\c2ccc([N+](=O)[O-])cc2)c2ccc(C)cc2)cc1. The third-order valence-electron chi connectivity index (χ3n) is 4.17. The molecule has 0 aliphatic carbocycles. The lowest BCUT2D eigenvalue weighted by Crippen LogP contribution is -1.87. The minimum Gasteiger partial charge on any atom is -0.258 e. The first-order valence-corrected chi connectivity index (χ1v) is 8.63. The lowest BCUT2D eigenvalue weighted by atomic mass is 10.0. The quantitative estimate of drug-likeness (QED) is 0.258. The summed E-state index contributed by atoms with van der Waals surface area (Å²) in [4.78, 5) is 10.4. The Hall–Kier alpha value is -3.64. The Labute approximate surface area is 159 Å². The van der Waals surface area contributed by atoms with Crippen molar-refractivity contribution in [2.45, 2.75) is 13.8 Å². The monoisotopic (exact) mass is 353 g/mol. The number of rotatable bonds is 3. The summed E-state index contributed by atoms with van der Waals surface area (Å²) in [6.07, 6.45) is 1.95. The van der Waals surface area contributed by atoms with Gasteiger partial charge in [-0.15, -0.1) is 0 Å². The van der Waals surface area contributed by atoms with Crippen LogP contribution >= 0.6 is 0 Å². The van der Waals surface area contributed by atoms with Crippen LogP contribution in [0, 0.1) is 35.8 Å². The third kappa shape index (κ3) is 4.93. The number of nitro benzene ring substituents is 1. The van der Waals surface area contributed by atoms with Gasteiger partial charge < -0.3 is 0 Å². The molecule has 27 heavy (non-hydrogen) atoms. The zero-order valence-corrected chi connectivity index (χ0v) is 15.3. The van der Waals surface area contributed by atoms with Crippen LogP contribution in [0.2, 0.25) is 0 Å². The van der Waals surface area contributed by atoms with Gasteiger partial charge in [-0.1, -0.05) is 59.4 Å². The summed E-state index contributed by atoms with van der Waals surface area (Å²) in [5, 5.41) is 10.8. The molecule has 0 aromatic heterocycles. The Morgan fingerprint density at radius 3 is 1.96 bits per heavy atom. The normalized spacial score (nSPS) is 10.8. The average molecular weight is 353 g/mol. The zero-order valence-electron chi connectivity index (χ0n) is 15.3. The topological polar surface area (TPSA) is 43.1 Å². The van der Waals surface area contributed by atoms with Gasteiger partial charge in [0.15, 0.2) is 0 Å². The van der Waals surface area contributed by atoms with Gasteiger partial charge in [-0.3, -0.25) is 10.1 Å². The highest BCUT2D eigenvalue weighted by Gasteiger charge is 2.04. The number of nitro groups is 1. The van der Waals surface area contributed by atoms with E-state index >= 15 is 0 Å². The summed E-state index contributed by atoms with van der Waals surface area (Å²) in [6.45, 7) is 4.09. The highest BCUT2D eigenvalue weighted by Crippen LogP contribution is 2.20. The number of allylic oxidation sites excluding steroid dienone is 1. The van der Waals surface area contributed by atoms with Crippen LogP contribution in [-0.2, 0) is 0 Å². The first kappa shape index (κ1) is 18.2. The molecule has 0 amide bonds. The van der Waals surface area contributed by atoms with Gasteiger partial charge in [-0.2, -0.15) is 0 Å². The Morgan fingerprint density at radius 1 is 0.852 bits per heavy atom. The van der Waals surface area contributed by atoms with Gasteiger partial charge in [0.2, 0.25) is 0 Å². The molecule has 0 fully saturated rings. The van der Waals surface area contributed by atoms with E-state index in [1.165, 1.54) is 23.3 Å². The van der Waals surface area contributed by atoms with Crippen molar-refractivity contribution in [1.82, 2.24) is 0 Å². The number of aryl methyl sites for hydroxylation is 2. The molecule has 0 N–H and O–H groups in total. The molecule has 0 heterocycles. The van der Waals surface area contributed by atoms with Crippen molar-refractivity contribution in [1.29, 1.82) is 0 Å². The zero-order chi connectivity index (χ0) is 19.2. The Bertz CT molecular complexity index is 1030. The summed E-state index contributed by atoms with van der Waals surface area (Å²) in [7, 11) is 0. The molecule has 3 aromatic carbocycles. The highest BCUT2D eigenvalue weighted by atomic mass is 16.6. The second-order valence-corrected chi connectivity index (χ2v) is 6.39.